The number of rotatable bonds is 2. The summed E-state index contributed by atoms with van der Waals surface area (Å²) in [6.45, 7) is 0. The first-order valence-corrected chi connectivity index (χ1v) is 6.05. The molecule has 1 aliphatic carbocycles. The summed E-state index contributed by atoms with van der Waals surface area (Å²) in [5.41, 5.74) is 3.06. The van der Waals surface area contributed by atoms with E-state index >= 15 is 0 Å². The first-order valence-electron chi connectivity index (χ1n) is 6.05. The van der Waals surface area contributed by atoms with Crippen molar-refractivity contribution in [3.8, 4) is 0 Å². The Morgan fingerprint density at radius 2 is 2.22 bits per heavy atom. The highest BCUT2D eigenvalue weighted by Gasteiger charge is 2.21. The zero-order valence-electron chi connectivity index (χ0n) is 9.89. The molecule has 1 atom stereocenters. The van der Waals surface area contributed by atoms with Crippen LogP contribution in [0.25, 0.3) is 0 Å². The van der Waals surface area contributed by atoms with E-state index in [1.807, 2.05) is 6.20 Å². The monoisotopic (exact) mass is 242 g/mol. The topological polar surface area (TPSA) is 70.7 Å². The molecule has 3 rings (SSSR count). The number of fused-ring (bicyclic) bond motifs is 1. The Kier molecular flexibility index (Phi) is 2.80. The maximum absolute atomic E-state index is 12.0. The Morgan fingerprint density at radius 1 is 1.39 bits per heavy atom. The van der Waals surface area contributed by atoms with Crippen LogP contribution in [0.2, 0.25) is 0 Å². The molecule has 1 unspecified atom stereocenters. The largest absolute Gasteiger partial charge is 0.349 e. The van der Waals surface area contributed by atoms with Crippen LogP contribution >= 0.6 is 0 Å². The third-order valence-corrected chi connectivity index (χ3v) is 3.30. The summed E-state index contributed by atoms with van der Waals surface area (Å²) in [6.07, 6.45) is 7.88. The lowest BCUT2D eigenvalue weighted by Crippen LogP contribution is -2.38. The van der Waals surface area contributed by atoms with Crippen LogP contribution in [0.1, 0.15) is 28.0 Å². The molecule has 1 amide bonds. The number of hydrogen-bond donors (Lipinski definition) is 2. The number of aryl methyl sites for hydroxylation is 1. The quantitative estimate of drug-likeness (QED) is 0.828. The molecule has 0 aromatic carbocycles. The van der Waals surface area contributed by atoms with Crippen molar-refractivity contribution in [2.45, 2.75) is 25.3 Å². The maximum Gasteiger partial charge on any atom is 0.251 e. The van der Waals surface area contributed by atoms with Crippen LogP contribution in [-0.4, -0.2) is 27.1 Å². The van der Waals surface area contributed by atoms with Gasteiger partial charge in [0.1, 0.15) is 0 Å². The van der Waals surface area contributed by atoms with E-state index in [1.54, 1.807) is 24.5 Å². The SMILES string of the molecule is O=C(NC1CCc2cn[nH]c2C1)c1ccncc1. The predicted octanol–water partition coefficient (Wildman–Crippen LogP) is 1.09. The fourth-order valence-electron chi connectivity index (χ4n) is 2.30. The second kappa shape index (κ2) is 4.60. The highest BCUT2D eigenvalue weighted by atomic mass is 16.1. The van der Waals surface area contributed by atoms with Crippen LogP contribution < -0.4 is 5.32 Å². The fraction of sp³-hybridized carbons (Fsp3) is 0.308. The molecule has 2 aromatic heterocycles. The molecule has 2 aromatic rings. The van der Waals surface area contributed by atoms with Gasteiger partial charge in [0.25, 0.3) is 5.91 Å². The summed E-state index contributed by atoms with van der Waals surface area (Å²) in [5.74, 6) is -0.0367. The minimum absolute atomic E-state index is 0.0367. The minimum Gasteiger partial charge on any atom is -0.349 e. The van der Waals surface area contributed by atoms with Crippen molar-refractivity contribution in [2.75, 3.05) is 0 Å². The summed E-state index contributed by atoms with van der Waals surface area (Å²) in [4.78, 5) is 15.9. The molecule has 2 heterocycles. The molecule has 1 aliphatic rings. The number of hydrogen-bond acceptors (Lipinski definition) is 3. The smallest absolute Gasteiger partial charge is 0.251 e. The van der Waals surface area contributed by atoms with E-state index in [0.717, 1.165) is 25.0 Å². The molecule has 18 heavy (non-hydrogen) atoms. The van der Waals surface area contributed by atoms with Gasteiger partial charge in [0.2, 0.25) is 0 Å². The number of aromatic nitrogens is 3. The second-order valence-corrected chi connectivity index (χ2v) is 4.52. The van der Waals surface area contributed by atoms with Crippen molar-refractivity contribution in [2.24, 2.45) is 0 Å². The van der Waals surface area contributed by atoms with E-state index in [0.29, 0.717) is 5.56 Å². The third-order valence-electron chi connectivity index (χ3n) is 3.30. The summed E-state index contributed by atoms with van der Waals surface area (Å²) in [6, 6.07) is 3.62. The molecule has 0 fully saturated rings. The Hall–Kier alpha value is -2.17. The van der Waals surface area contributed by atoms with Gasteiger partial charge in [-0.05, 0) is 30.5 Å². The first kappa shape index (κ1) is 11.0. The van der Waals surface area contributed by atoms with Gasteiger partial charge >= 0.3 is 0 Å². The molecule has 5 nitrogen and oxygen atoms in total. The van der Waals surface area contributed by atoms with Crippen molar-refractivity contribution in [1.29, 1.82) is 0 Å². The molecule has 0 radical (unpaired) electrons. The van der Waals surface area contributed by atoms with Crippen LogP contribution in [0.5, 0.6) is 0 Å². The zero-order chi connectivity index (χ0) is 12.4. The van der Waals surface area contributed by atoms with Crippen LogP contribution in [0, 0.1) is 0 Å². The van der Waals surface area contributed by atoms with Gasteiger partial charge in [-0.25, -0.2) is 0 Å². The molecule has 5 heteroatoms. The van der Waals surface area contributed by atoms with Gasteiger partial charge in [-0.2, -0.15) is 5.10 Å². The van der Waals surface area contributed by atoms with E-state index in [2.05, 4.69) is 20.5 Å². The van der Waals surface area contributed by atoms with Crippen LogP contribution in [-0.2, 0) is 12.8 Å². The number of amides is 1. The predicted molar refractivity (Wildman–Crippen MR) is 66.1 cm³/mol. The average Bonchev–Trinajstić information content (AvgIpc) is 2.87. The van der Waals surface area contributed by atoms with Crippen LogP contribution in [0.15, 0.2) is 30.7 Å². The fourth-order valence-corrected chi connectivity index (χ4v) is 2.30. The minimum atomic E-state index is -0.0367. The zero-order valence-corrected chi connectivity index (χ0v) is 9.89. The van der Waals surface area contributed by atoms with Crippen molar-refractivity contribution >= 4 is 5.91 Å². The molecule has 0 saturated heterocycles. The van der Waals surface area contributed by atoms with Gasteiger partial charge in [0, 0.05) is 36.1 Å². The van der Waals surface area contributed by atoms with Gasteiger partial charge in [0.15, 0.2) is 0 Å². The van der Waals surface area contributed by atoms with Gasteiger partial charge in [-0.1, -0.05) is 0 Å². The van der Waals surface area contributed by atoms with E-state index in [-0.39, 0.29) is 11.9 Å². The molecule has 2 N–H and O–H groups in total. The lowest BCUT2D eigenvalue weighted by atomic mass is 9.93. The number of aromatic amines is 1. The van der Waals surface area contributed by atoms with E-state index in [9.17, 15) is 4.79 Å². The van der Waals surface area contributed by atoms with E-state index < -0.39 is 0 Å². The third kappa shape index (κ3) is 2.11. The van der Waals surface area contributed by atoms with Crippen molar-refractivity contribution < 1.29 is 4.79 Å². The molecule has 0 spiro atoms. The highest BCUT2D eigenvalue weighted by Crippen LogP contribution is 2.19. The molecular formula is C13H14N4O. The van der Waals surface area contributed by atoms with Crippen LogP contribution in [0.3, 0.4) is 0 Å². The first-order chi connectivity index (χ1) is 8.83. The van der Waals surface area contributed by atoms with Crippen LogP contribution in [0.4, 0.5) is 0 Å². The molecule has 0 bridgehead atoms. The normalized spacial score (nSPS) is 18.1. The summed E-state index contributed by atoms with van der Waals surface area (Å²) in [7, 11) is 0. The number of nitrogens with zero attached hydrogens (tertiary/aromatic N) is 2. The molecule has 92 valence electrons. The maximum atomic E-state index is 12.0. The van der Waals surface area contributed by atoms with Gasteiger partial charge in [-0.15, -0.1) is 0 Å². The van der Waals surface area contributed by atoms with Gasteiger partial charge < -0.3 is 5.32 Å². The van der Waals surface area contributed by atoms with Gasteiger partial charge in [-0.3, -0.25) is 14.9 Å². The van der Waals surface area contributed by atoms with Crippen molar-refractivity contribution in [3.63, 3.8) is 0 Å². The Bertz CT molecular complexity index is 549. The lowest BCUT2D eigenvalue weighted by molar-refractivity contribution is 0.0933. The number of nitrogens with one attached hydrogen (secondary N) is 2. The summed E-state index contributed by atoms with van der Waals surface area (Å²) >= 11 is 0. The van der Waals surface area contributed by atoms with Crippen molar-refractivity contribution in [1.82, 2.24) is 20.5 Å². The summed E-state index contributed by atoms with van der Waals surface area (Å²) in [5, 5.41) is 10.1. The number of H-pyrrole nitrogens is 1. The number of carbonyl (C=O) groups is 1. The Balaban J connectivity index is 1.67. The van der Waals surface area contributed by atoms with E-state index in [4.69, 9.17) is 0 Å². The number of carbonyl (C=O) groups excluding carboxylic acids is 1. The Labute approximate surface area is 105 Å². The molecule has 0 aliphatic heterocycles. The standard InChI is InChI=1S/C13H14N4O/c18-13(9-3-5-14-6-4-9)16-11-2-1-10-8-15-17-12(10)7-11/h3-6,8,11H,1-2,7H2,(H,15,17)(H,16,18). The molecular weight excluding hydrogens is 228 g/mol. The van der Waals surface area contributed by atoms with Crippen molar-refractivity contribution in [3.05, 3.63) is 47.5 Å². The highest BCUT2D eigenvalue weighted by molar-refractivity contribution is 5.94. The Morgan fingerprint density at radius 3 is 3.06 bits per heavy atom. The summed E-state index contributed by atoms with van der Waals surface area (Å²) < 4.78 is 0. The lowest BCUT2D eigenvalue weighted by Gasteiger charge is -2.22. The van der Waals surface area contributed by atoms with E-state index in [1.165, 1.54) is 5.56 Å². The second-order valence-electron chi connectivity index (χ2n) is 4.52. The number of pyridine rings is 1. The molecule has 0 saturated carbocycles. The average molecular weight is 242 g/mol. The van der Waals surface area contributed by atoms with Gasteiger partial charge in [0.05, 0.1) is 6.20 Å².